The summed E-state index contributed by atoms with van der Waals surface area (Å²) in [7, 11) is 0. The number of amides is 2. The molecule has 0 aromatic carbocycles. The number of hydrogen-bond donors (Lipinski definition) is 2. The topological polar surface area (TPSA) is 84.7 Å². The van der Waals surface area contributed by atoms with E-state index in [1.54, 1.807) is 16.3 Å². The Balaban J connectivity index is 1.73. The average molecular weight is 283 g/mol. The van der Waals surface area contributed by atoms with Crippen LogP contribution >= 0.6 is 11.3 Å². The largest absolute Gasteiger partial charge is 0.397 e. The number of nitrogen functional groups attached to an aromatic ring is 1. The first-order valence-electron chi connectivity index (χ1n) is 6.15. The minimum atomic E-state index is -0.220. The SMILES string of the molecule is Nc1ccsc1C(=O)NCCC(=O)N1CCOCC1. The molecular weight excluding hydrogens is 266 g/mol. The summed E-state index contributed by atoms with van der Waals surface area (Å²) >= 11 is 1.30. The van der Waals surface area contributed by atoms with Gasteiger partial charge in [0.2, 0.25) is 5.91 Å². The van der Waals surface area contributed by atoms with Crippen LogP contribution in [0.1, 0.15) is 16.1 Å². The van der Waals surface area contributed by atoms with Crippen molar-refractivity contribution in [1.82, 2.24) is 10.2 Å². The van der Waals surface area contributed by atoms with Crippen molar-refractivity contribution in [2.75, 3.05) is 38.6 Å². The molecule has 104 valence electrons. The second-order valence-electron chi connectivity index (χ2n) is 4.20. The zero-order valence-corrected chi connectivity index (χ0v) is 11.4. The van der Waals surface area contributed by atoms with Crippen molar-refractivity contribution in [3.63, 3.8) is 0 Å². The molecule has 0 bridgehead atoms. The van der Waals surface area contributed by atoms with Crippen molar-refractivity contribution >= 4 is 28.8 Å². The highest BCUT2D eigenvalue weighted by Crippen LogP contribution is 2.18. The van der Waals surface area contributed by atoms with Gasteiger partial charge in [-0.3, -0.25) is 9.59 Å². The summed E-state index contributed by atoms with van der Waals surface area (Å²) in [5.41, 5.74) is 6.12. The van der Waals surface area contributed by atoms with E-state index in [9.17, 15) is 9.59 Å². The Labute approximate surface area is 115 Å². The van der Waals surface area contributed by atoms with Gasteiger partial charge in [-0.25, -0.2) is 0 Å². The molecule has 1 aliphatic rings. The summed E-state index contributed by atoms with van der Waals surface area (Å²) in [6, 6.07) is 1.69. The molecule has 6 nitrogen and oxygen atoms in total. The standard InChI is InChI=1S/C12H17N3O3S/c13-9-2-8-19-11(9)12(17)14-3-1-10(16)15-4-6-18-7-5-15/h2,8H,1,3-7,13H2,(H,14,17). The molecule has 2 rings (SSSR count). The van der Waals surface area contributed by atoms with Gasteiger partial charge in [0.05, 0.1) is 18.9 Å². The van der Waals surface area contributed by atoms with Gasteiger partial charge in [-0.2, -0.15) is 0 Å². The van der Waals surface area contributed by atoms with Crippen molar-refractivity contribution in [2.45, 2.75) is 6.42 Å². The van der Waals surface area contributed by atoms with Gasteiger partial charge in [0.1, 0.15) is 4.88 Å². The van der Waals surface area contributed by atoms with Crippen LogP contribution in [0.4, 0.5) is 5.69 Å². The number of carbonyl (C=O) groups excluding carboxylic acids is 2. The molecule has 19 heavy (non-hydrogen) atoms. The normalized spacial score (nSPS) is 15.3. The van der Waals surface area contributed by atoms with Gasteiger partial charge in [-0.1, -0.05) is 0 Å². The maximum atomic E-state index is 11.8. The number of morpholine rings is 1. The number of rotatable bonds is 4. The maximum Gasteiger partial charge on any atom is 0.263 e. The summed E-state index contributed by atoms with van der Waals surface area (Å²) in [6.45, 7) is 2.76. The third kappa shape index (κ3) is 3.68. The van der Waals surface area contributed by atoms with E-state index in [0.29, 0.717) is 49.8 Å². The highest BCUT2D eigenvalue weighted by molar-refractivity contribution is 7.12. The van der Waals surface area contributed by atoms with Gasteiger partial charge in [0.15, 0.2) is 0 Å². The Bertz CT molecular complexity index is 455. The van der Waals surface area contributed by atoms with Gasteiger partial charge in [-0.15, -0.1) is 11.3 Å². The molecule has 2 amide bonds. The smallest absolute Gasteiger partial charge is 0.263 e. The lowest BCUT2D eigenvalue weighted by molar-refractivity contribution is -0.135. The van der Waals surface area contributed by atoms with Crippen LogP contribution < -0.4 is 11.1 Å². The first kappa shape index (κ1) is 13.8. The molecule has 0 atom stereocenters. The average Bonchev–Trinajstić information content (AvgIpc) is 2.86. The fraction of sp³-hybridized carbons (Fsp3) is 0.500. The first-order valence-corrected chi connectivity index (χ1v) is 7.03. The summed E-state index contributed by atoms with van der Waals surface area (Å²) in [5, 5.41) is 4.48. The zero-order valence-electron chi connectivity index (χ0n) is 10.6. The van der Waals surface area contributed by atoms with Gasteiger partial charge in [0.25, 0.3) is 5.91 Å². The predicted octanol–water partition coefficient (Wildman–Crippen LogP) is 0.309. The summed E-state index contributed by atoms with van der Waals surface area (Å²) in [5.74, 6) is -0.176. The maximum absolute atomic E-state index is 11.8. The molecule has 0 aliphatic carbocycles. The second-order valence-corrected chi connectivity index (χ2v) is 5.12. The fourth-order valence-corrected chi connectivity index (χ4v) is 2.57. The third-order valence-electron chi connectivity index (χ3n) is 2.89. The van der Waals surface area contributed by atoms with Crippen LogP contribution in [0.3, 0.4) is 0 Å². The number of nitrogens with two attached hydrogens (primary N) is 1. The zero-order chi connectivity index (χ0) is 13.7. The quantitative estimate of drug-likeness (QED) is 0.833. The van der Waals surface area contributed by atoms with Gasteiger partial charge in [0, 0.05) is 26.1 Å². The van der Waals surface area contributed by atoms with Crippen LogP contribution in [-0.4, -0.2) is 49.6 Å². The Hall–Kier alpha value is -1.60. The van der Waals surface area contributed by atoms with Gasteiger partial charge < -0.3 is 20.7 Å². The number of anilines is 1. The van der Waals surface area contributed by atoms with E-state index in [1.165, 1.54) is 11.3 Å². The molecular formula is C12H17N3O3S. The minimum Gasteiger partial charge on any atom is -0.397 e. The Morgan fingerprint density at radius 3 is 2.79 bits per heavy atom. The molecule has 0 spiro atoms. The summed E-state index contributed by atoms with van der Waals surface area (Å²) in [4.78, 5) is 25.8. The van der Waals surface area contributed by atoms with E-state index in [0.717, 1.165) is 0 Å². The molecule has 0 unspecified atom stereocenters. The van der Waals surface area contributed by atoms with Crippen LogP contribution in [-0.2, 0) is 9.53 Å². The van der Waals surface area contributed by atoms with Crippen LogP contribution in [0.15, 0.2) is 11.4 Å². The van der Waals surface area contributed by atoms with Crippen LogP contribution in [0.5, 0.6) is 0 Å². The molecule has 7 heteroatoms. The van der Waals surface area contributed by atoms with Gasteiger partial charge >= 0.3 is 0 Å². The molecule has 0 saturated carbocycles. The highest BCUT2D eigenvalue weighted by atomic mass is 32.1. The third-order valence-corrected chi connectivity index (χ3v) is 3.82. The second kappa shape index (κ2) is 6.53. The fourth-order valence-electron chi connectivity index (χ4n) is 1.84. The molecule has 1 aromatic rings. The van der Waals surface area contributed by atoms with Crippen molar-refractivity contribution < 1.29 is 14.3 Å². The Morgan fingerprint density at radius 1 is 1.42 bits per heavy atom. The Kier molecular flexibility index (Phi) is 4.75. The molecule has 1 saturated heterocycles. The Morgan fingerprint density at radius 2 is 2.16 bits per heavy atom. The number of nitrogens with zero attached hydrogens (tertiary/aromatic N) is 1. The van der Waals surface area contributed by atoms with Gasteiger partial charge in [-0.05, 0) is 11.4 Å². The van der Waals surface area contributed by atoms with E-state index >= 15 is 0 Å². The molecule has 3 N–H and O–H groups in total. The van der Waals surface area contributed by atoms with Crippen molar-refractivity contribution in [3.8, 4) is 0 Å². The van der Waals surface area contributed by atoms with Crippen molar-refractivity contribution in [1.29, 1.82) is 0 Å². The number of thiophene rings is 1. The highest BCUT2D eigenvalue weighted by Gasteiger charge is 2.17. The van der Waals surface area contributed by atoms with E-state index in [2.05, 4.69) is 5.32 Å². The lowest BCUT2D eigenvalue weighted by atomic mass is 10.3. The number of nitrogens with one attached hydrogen (secondary N) is 1. The minimum absolute atomic E-state index is 0.0442. The van der Waals surface area contributed by atoms with E-state index in [-0.39, 0.29) is 11.8 Å². The number of ether oxygens (including phenoxy) is 1. The van der Waals surface area contributed by atoms with Crippen molar-refractivity contribution in [3.05, 3.63) is 16.3 Å². The molecule has 1 fully saturated rings. The number of carbonyl (C=O) groups is 2. The summed E-state index contributed by atoms with van der Waals surface area (Å²) in [6.07, 6.45) is 0.303. The van der Waals surface area contributed by atoms with E-state index in [1.807, 2.05) is 0 Å². The van der Waals surface area contributed by atoms with Crippen LogP contribution in [0.25, 0.3) is 0 Å². The first-order chi connectivity index (χ1) is 9.18. The molecule has 0 radical (unpaired) electrons. The van der Waals surface area contributed by atoms with E-state index in [4.69, 9.17) is 10.5 Å². The van der Waals surface area contributed by atoms with Crippen molar-refractivity contribution in [2.24, 2.45) is 0 Å². The monoisotopic (exact) mass is 283 g/mol. The van der Waals surface area contributed by atoms with Crippen LogP contribution in [0.2, 0.25) is 0 Å². The lowest BCUT2D eigenvalue weighted by Gasteiger charge is -2.26. The number of hydrogen-bond acceptors (Lipinski definition) is 5. The lowest BCUT2D eigenvalue weighted by Crippen LogP contribution is -2.42. The molecule has 1 aromatic heterocycles. The molecule has 1 aliphatic heterocycles. The summed E-state index contributed by atoms with van der Waals surface area (Å²) < 4.78 is 5.18. The molecule has 2 heterocycles. The van der Waals surface area contributed by atoms with E-state index < -0.39 is 0 Å². The predicted molar refractivity (Wildman–Crippen MR) is 73.1 cm³/mol. The van der Waals surface area contributed by atoms with Crippen LogP contribution in [0, 0.1) is 0 Å².